The van der Waals surface area contributed by atoms with Gasteiger partial charge in [-0.3, -0.25) is 24.0 Å². The molecule has 0 aliphatic carbocycles. The van der Waals surface area contributed by atoms with Crippen LogP contribution in [0.2, 0.25) is 0 Å². The molecule has 8 N–H and O–H groups in total. The van der Waals surface area contributed by atoms with Crippen molar-refractivity contribution in [2.75, 3.05) is 18.9 Å². The number of fused-ring (bicyclic) bond motifs is 1. The maximum atomic E-state index is 12.4. The summed E-state index contributed by atoms with van der Waals surface area (Å²) >= 11 is 0. The van der Waals surface area contributed by atoms with Gasteiger partial charge in [0.1, 0.15) is 12.2 Å². The van der Waals surface area contributed by atoms with Gasteiger partial charge >= 0.3 is 0 Å². The normalized spacial score (nSPS) is 27.9. The fourth-order valence-electron chi connectivity index (χ4n) is 3.31. The lowest BCUT2D eigenvalue weighted by atomic mass is 9.98. The quantitative estimate of drug-likeness (QED) is 0.277. The average molecular weight is 383 g/mol. The fourth-order valence-corrected chi connectivity index (χ4v) is 3.31. The first-order valence-corrected chi connectivity index (χ1v) is 8.20. The Morgan fingerprint density at radius 3 is 2.96 bits per heavy atom. The van der Waals surface area contributed by atoms with Gasteiger partial charge < -0.3 is 26.0 Å². The second-order valence-corrected chi connectivity index (χ2v) is 6.10. The van der Waals surface area contributed by atoms with Crippen LogP contribution in [0, 0.1) is 0 Å². The maximum Gasteiger partial charge on any atom is 0.280 e. The van der Waals surface area contributed by atoms with E-state index in [1.165, 1.54) is 10.9 Å². The number of carbonyl (C=O) groups excluding carboxylic acids is 1. The number of aliphatic hydroxyl groups excluding tert-OH is 2. The van der Waals surface area contributed by atoms with Crippen LogP contribution in [-0.2, 0) is 20.1 Å². The van der Waals surface area contributed by atoms with E-state index < -0.39 is 42.1 Å². The monoisotopic (exact) mass is 383 g/mol. The highest BCUT2D eigenvalue weighted by atomic mass is 16.7. The highest BCUT2D eigenvalue weighted by molar-refractivity contribution is 5.78. The number of aromatic amines is 1. The molecule has 0 saturated carbocycles. The van der Waals surface area contributed by atoms with Crippen molar-refractivity contribution in [3.05, 3.63) is 16.7 Å². The first-order valence-electron chi connectivity index (χ1n) is 8.20. The molecule has 1 fully saturated rings. The maximum absolute atomic E-state index is 12.4. The molecule has 1 aliphatic rings. The number of anilines is 1. The summed E-state index contributed by atoms with van der Waals surface area (Å²) in [7, 11) is 0. The average Bonchev–Trinajstić information content (AvgIpc) is 3.14. The van der Waals surface area contributed by atoms with Crippen molar-refractivity contribution >= 4 is 23.0 Å². The molecule has 1 saturated heterocycles. The summed E-state index contributed by atoms with van der Waals surface area (Å²) in [4.78, 5) is 39.7. The number of hydrogen-bond donors (Lipinski definition) is 6. The van der Waals surface area contributed by atoms with Gasteiger partial charge in [-0.1, -0.05) is 0 Å². The number of H-pyrrole nitrogens is 1. The van der Waals surface area contributed by atoms with Crippen LogP contribution >= 0.6 is 0 Å². The Kier molecular flexibility index (Phi) is 5.12. The Labute approximate surface area is 152 Å². The summed E-state index contributed by atoms with van der Waals surface area (Å²) < 4.78 is 7.09. The van der Waals surface area contributed by atoms with Gasteiger partial charge in [-0.05, 0) is 6.92 Å². The predicted molar refractivity (Wildman–Crippen MR) is 90.9 cm³/mol. The third kappa shape index (κ3) is 3.04. The first-order chi connectivity index (χ1) is 12.9. The van der Waals surface area contributed by atoms with Gasteiger partial charge in [0.25, 0.3) is 5.56 Å². The van der Waals surface area contributed by atoms with Crippen molar-refractivity contribution in [2.24, 2.45) is 5.90 Å². The zero-order valence-electron chi connectivity index (χ0n) is 14.5. The molecule has 0 unspecified atom stereocenters. The zero-order valence-corrected chi connectivity index (χ0v) is 14.5. The molecule has 0 radical (unpaired) electrons. The fraction of sp³-hybridized carbons (Fsp3) is 0.571. The lowest BCUT2D eigenvalue weighted by Crippen LogP contribution is -2.51. The SMILES string of the molecule is CCNC(=O)C[C@@]1(n2cnc3c(=O)[nH]c(N)nc32)O[C@H](CO)[C@@H](O)[C@H]1ON. The summed E-state index contributed by atoms with van der Waals surface area (Å²) in [5.41, 5.74) is 3.26. The third-order valence-electron chi connectivity index (χ3n) is 4.44. The number of ether oxygens (including phenoxy) is 1. The number of nitrogen functional groups attached to an aromatic ring is 1. The smallest absolute Gasteiger partial charge is 0.280 e. The van der Waals surface area contributed by atoms with Crippen molar-refractivity contribution in [3.8, 4) is 0 Å². The number of aromatic nitrogens is 4. The van der Waals surface area contributed by atoms with E-state index in [0.29, 0.717) is 6.54 Å². The minimum absolute atomic E-state index is 0.00777. The lowest BCUT2D eigenvalue weighted by Gasteiger charge is -2.34. The van der Waals surface area contributed by atoms with Gasteiger partial charge in [0.05, 0.1) is 19.4 Å². The van der Waals surface area contributed by atoms with Crippen LogP contribution in [-0.4, -0.2) is 67.1 Å². The van der Waals surface area contributed by atoms with Gasteiger partial charge in [-0.15, -0.1) is 0 Å². The highest BCUT2D eigenvalue weighted by Gasteiger charge is 2.58. The van der Waals surface area contributed by atoms with Gasteiger partial charge in [-0.25, -0.2) is 10.9 Å². The standard InChI is InChI=1S/C14H21N7O6/c1-2-17-7(23)3-14(10(27-16)9(24)6(4-22)26-14)21-5-18-8-11(21)19-13(15)20-12(8)25/h5-6,9-10,22,24H,2-4,16H2,1H3,(H,17,23)(H3,15,19,20,25)/t6-,9-,10-,14-/m1/s1. The van der Waals surface area contributed by atoms with E-state index in [0.717, 1.165) is 0 Å². The molecular weight excluding hydrogens is 362 g/mol. The summed E-state index contributed by atoms with van der Waals surface area (Å²) in [5, 5.41) is 22.6. The van der Waals surface area contributed by atoms with Crippen LogP contribution in [0.4, 0.5) is 5.95 Å². The third-order valence-corrected chi connectivity index (χ3v) is 4.44. The van der Waals surface area contributed by atoms with Crippen molar-refractivity contribution in [2.45, 2.75) is 37.4 Å². The molecule has 0 spiro atoms. The van der Waals surface area contributed by atoms with E-state index in [1.54, 1.807) is 6.92 Å². The van der Waals surface area contributed by atoms with Crippen molar-refractivity contribution < 1.29 is 24.6 Å². The topological polar surface area (TPSA) is 204 Å². The number of imidazole rings is 1. The summed E-state index contributed by atoms with van der Waals surface area (Å²) in [5.74, 6) is 4.76. The number of amides is 1. The van der Waals surface area contributed by atoms with Gasteiger partial charge in [0, 0.05) is 6.54 Å². The molecule has 1 aliphatic heterocycles. The van der Waals surface area contributed by atoms with Crippen molar-refractivity contribution in [1.82, 2.24) is 24.8 Å². The Hall–Kier alpha value is -2.58. The molecule has 27 heavy (non-hydrogen) atoms. The van der Waals surface area contributed by atoms with E-state index in [-0.39, 0.29) is 23.5 Å². The van der Waals surface area contributed by atoms with Crippen LogP contribution in [0.5, 0.6) is 0 Å². The molecule has 0 bridgehead atoms. The van der Waals surface area contributed by atoms with E-state index in [2.05, 4.69) is 20.3 Å². The largest absolute Gasteiger partial charge is 0.394 e. The van der Waals surface area contributed by atoms with Crippen molar-refractivity contribution in [3.63, 3.8) is 0 Å². The number of aliphatic hydroxyl groups is 2. The number of nitrogens with two attached hydrogens (primary N) is 2. The molecule has 4 atom stereocenters. The molecule has 3 rings (SSSR count). The van der Waals surface area contributed by atoms with Crippen molar-refractivity contribution in [1.29, 1.82) is 0 Å². The number of hydrogen-bond acceptors (Lipinski definition) is 10. The van der Waals surface area contributed by atoms with E-state index in [9.17, 15) is 19.8 Å². The number of carbonyl (C=O) groups is 1. The first kappa shape index (κ1) is 19.2. The summed E-state index contributed by atoms with van der Waals surface area (Å²) in [6.45, 7) is 1.53. The lowest BCUT2D eigenvalue weighted by molar-refractivity contribution is -0.172. The highest BCUT2D eigenvalue weighted by Crippen LogP contribution is 2.41. The van der Waals surface area contributed by atoms with Crippen LogP contribution in [0.25, 0.3) is 11.2 Å². The van der Waals surface area contributed by atoms with Gasteiger partial charge in [0.15, 0.2) is 23.0 Å². The molecule has 148 valence electrons. The molecular formula is C14H21N7O6. The zero-order chi connectivity index (χ0) is 19.8. The Balaban J connectivity index is 2.22. The molecule has 2 aromatic rings. The van der Waals surface area contributed by atoms with Crippen LogP contribution < -0.4 is 22.5 Å². The molecule has 2 aromatic heterocycles. The van der Waals surface area contributed by atoms with Crippen LogP contribution in [0.1, 0.15) is 13.3 Å². The molecule has 0 aromatic carbocycles. The number of nitrogens with zero attached hydrogens (tertiary/aromatic N) is 3. The minimum Gasteiger partial charge on any atom is -0.394 e. The van der Waals surface area contributed by atoms with Crippen LogP contribution in [0.3, 0.4) is 0 Å². The van der Waals surface area contributed by atoms with Gasteiger partial charge in [-0.2, -0.15) is 4.98 Å². The molecule has 13 heteroatoms. The molecule has 1 amide bonds. The Morgan fingerprint density at radius 1 is 1.59 bits per heavy atom. The van der Waals surface area contributed by atoms with E-state index in [4.69, 9.17) is 21.2 Å². The van der Waals surface area contributed by atoms with E-state index >= 15 is 0 Å². The molecule has 3 heterocycles. The second kappa shape index (κ2) is 7.21. The van der Waals surface area contributed by atoms with E-state index in [1.807, 2.05) is 0 Å². The Morgan fingerprint density at radius 2 is 2.33 bits per heavy atom. The Bertz CT molecular complexity index is 898. The second-order valence-electron chi connectivity index (χ2n) is 6.10. The number of rotatable bonds is 6. The van der Waals surface area contributed by atoms with Crippen LogP contribution in [0.15, 0.2) is 11.1 Å². The number of nitrogens with one attached hydrogen (secondary N) is 2. The summed E-state index contributed by atoms with van der Waals surface area (Å²) in [6.07, 6.45) is -2.85. The van der Waals surface area contributed by atoms with Gasteiger partial charge in [0.2, 0.25) is 11.9 Å². The predicted octanol–water partition coefficient (Wildman–Crippen LogP) is -3.11. The summed E-state index contributed by atoms with van der Waals surface area (Å²) in [6, 6.07) is 0. The minimum atomic E-state index is -1.72. The molecule has 13 nitrogen and oxygen atoms in total.